The van der Waals surface area contributed by atoms with Crippen LogP contribution in [0.4, 0.5) is 0 Å². The van der Waals surface area contributed by atoms with Gasteiger partial charge in [-0.05, 0) is 12.8 Å². The van der Waals surface area contributed by atoms with E-state index in [1.165, 1.54) is 19.3 Å². The molecular formula is C12H22N6. The molecule has 0 aliphatic heterocycles. The zero-order valence-corrected chi connectivity index (χ0v) is 10.5. The van der Waals surface area contributed by atoms with Crippen LogP contribution < -0.4 is 22.5 Å². The van der Waals surface area contributed by atoms with Crippen LogP contribution in [0.1, 0.15) is 32.1 Å². The second-order valence-corrected chi connectivity index (χ2v) is 4.55. The van der Waals surface area contributed by atoms with Crippen LogP contribution in [0.15, 0.2) is 29.5 Å². The van der Waals surface area contributed by atoms with Crippen molar-refractivity contribution in [1.29, 1.82) is 5.41 Å². The molecule has 6 nitrogen and oxygen atoms in total. The first-order chi connectivity index (χ1) is 8.54. The maximum atomic E-state index is 7.11. The van der Waals surface area contributed by atoms with Crippen LogP contribution in [-0.2, 0) is 0 Å². The summed E-state index contributed by atoms with van der Waals surface area (Å²) in [5.74, 6) is -0.00605. The lowest BCUT2D eigenvalue weighted by Gasteiger charge is -2.31. The van der Waals surface area contributed by atoms with Crippen molar-refractivity contribution in [3.8, 4) is 0 Å². The quantitative estimate of drug-likeness (QED) is 0.372. The topological polar surface area (TPSA) is 126 Å². The maximum absolute atomic E-state index is 7.11. The van der Waals surface area contributed by atoms with Gasteiger partial charge in [-0.2, -0.15) is 0 Å². The summed E-state index contributed by atoms with van der Waals surface area (Å²) < 4.78 is 0. The van der Waals surface area contributed by atoms with Gasteiger partial charge in [-0.3, -0.25) is 5.41 Å². The molecule has 6 heteroatoms. The largest absolute Gasteiger partial charge is 0.370 e. The van der Waals surface area contributed by atoms with Crippen LogP contribution in [0.3, 0.4) is 0 Å². The summed E-state index contributed by atoms with van der Waals surface area (Å²) in [6.07, 6.45) is 13.1. The number of nitrogens with zero attached hydrogens (tertiary/aromatic N) is 1. The van der Waals surface area contributed by atoms with E-state index in [4.69, 9.17) is 22.6 Å². The van der Waals surface area contributed by atoms with Crippen molar-refractivity contribution in [2.75, 3.05) is 0 Å². The molecule has 1 rings (SSSR count). The lowest BCUT2D eigenvalue weighted by molar-refractivity contribution is 0.325. The number of nitrogens with two attached hydrogens (primary N) is 3. The summed E-state index contributed by atoms with van der Waals surface area (Å²) in [4.78, 5) is 3.88. The van der Waals surface area contributed by atoms with Crippen LogP contribution in [-0.4, -0.2) is 11.9 Å². The van der Waals surface area contributed by atoms with Gasteiger partial charge in [0.1, 0.15) is 0 Å². The monoisotopic (exact) mass is 250 g/mol. The zero-order valence-electron chi connectivity index (χ0n) is 10.5. The molecule has 0 amide bonds. The molecule has 0 aromatic carbocycles. The third-order valence-electron chi connectivity index (χ3n) is 3.07. The minimum absolute atomic E-state index is 0.0420. The second kappa shape index (κ2) is 6.68. The van der Waals surface area contributed by atoms with Crippen LogP contribution in [0.2, 0.25) is 0 Å². The summed E-state index contributed by atoms with van der Waals surface area (Å²) in [7, 11) is 0. The summed E-state index contributed by atoms with van der Waals surface area (Å²) >= 11 is 0. The highest BCUT2D eigenvalue weighted by Crippen LogP contribution is 2.38. The van der Waals surface area contributed by atoms with Crippen LogP contribution in [0.25, 0.3) is 0 Å². The minimum atomic E-state index is -0.0644. The van der Waals surface area contributed by atoms with Gasteiger partial charge in [-0.15, -0.1) is 0 Å². The minimum Gasteiger partial charge on any atom is -0.370 e. The van der Waals surface area contributed by atoms with Gasteiger partial charge in [0, 0.05) is 17.8 Å². The van der Waals surface area contributed by atoms with Crippen molar-refractivity contribution >= 4 is 11.9 Å². The van der Waals surface area contributed by atoms with E-state index in [9.17, 15) is 0 Å². The highest BCUT2D eigenvalue weighted by molar-refractivity contribution is 5.76. The Morgan fingerprint density at radius 1 is 1.11 bits per heavy atom. The van der Waals surface area contributed by atoms with E-state index in [1.54, 1.807) is 12.4 Å². The molecule has 0 unspecified atom stereocenters. The number of rotatable bonds is 4. The fourth-order valence-electron chi connectivity index (χ4n) is 2.17. The van der Waals surface area contributed by atoms with E-state index in [1.807, 2.05) is 12.2 Å². The SMILES string of the molecule is N=C(N)NC=CC1(C=CN=C(N)N)CCCCC1. The molecule has 0 radical (unpaired) electrons. The molecule has 0 bridgehead atoms. The Morgan fingerprint density at radius 3 is 2.33 bits per heavy atom. The maximum Gasteiger partial charge on any atom is 0.190 e. The molecule has 0 aromatic rings. The zero-order chi connectivity index (χ0) is 13.4. The molecule has 1 fully saturated rings. The molecule has 0 spiro atoms. The standard InChI is InChI=1S/C12H22N6/c13-10(14)17-8-6-12(4-2-1-3-5-12)7-9-18-11(15)16/h6-9H,1-5H2,(H4,13,14,17)(H4,15,16,18). The molecule has 1 aliphatic carbocycles. The number of guanidine groups is 2. The van der Waals surface area contributed by atoms with Gasteiger partial charge in [0.25, 0.3) is 0 Å². The molecule has 18 heavy (non-hydrogen) atoms. The molecule has 1 saturated carbocycles. The summed E-state index contributed by atoms with van der Waals surface area (Å²) in [5, 5.41) is 9.79. The highest BCUT2D eigenvalue weighted by atomic mass is 15.0. The van der Waals surface area contributed by atoms with E-state index in [0.29, 0.717) is 0 Å². The Hall–Kier alpha value is -1.98. The fourth-order valence-corrected chi connectivity index (χ4v) is 2.17. The Balaban J connectivity index is 2.74. The van der Waals surface area contributed by atoms with E-state index in [2.05, 4.69) is 10.3 Å². The van der Waals surface area contributed by atoms with E-state index in [0.717, 1.165) is 12.8 Å². The van der Waals surface area contributed by atoms with Crippen molar-refractivity contribution < 1.29 is 0 Å². The first-order valence-corrected chi connectivity index (χ1v) is 6.09. The lowest BCUT2D eigenvalue weighted by Crippen LogP contribution is -2.27. The third-order valence-corrected chi connectivity index (χ3v) is 3.07. The van der Waals surface area contributed by atoms with Gasteiger partial charge in [-0.1, -0.05) is 31.4 Å². The van der Waals surface area contributed by atoms with Crippen molar-refractivity contribution in [2.24, 2.45) is 27.6 Å². The molecule has 100 valence electrons. The van der Waals surface area contributed by atoms with E-state index < -0.39 is 0 Å². The highest BCUT2D eigenvalue weighted by Gasteiger charge is 2.26. The predicted octanol–water partition coefficient (Wildman–Crippen LogP) is 0.721. The number of allylic oxidation sites excluding steroid dienone is 2. The predicted molar refractivity (Wildman–Crippen MR) is 74.7 cm³/mol. The van der Waals surface area contributed by atoms with Crippen LogP contribution >= 0.6 is 0 Å². The molecule has 0 heterocycles. The van der Waals surface area contributed by atoms with Gasteiger partial charge in [0.2, 0.25) is 0 Å². The summed E-state index contributed by atoms with van der Waals surface area (Å²) in [6, 6.07) is 0. The lowest BCUT2D eigenvalue weighted by atomic mass is 9.74. The van der Waals surface area contributed by atoms with Gasteiger partial charge < -0.3 is 22.5 Å². The third kappa shape index (κ3) is 4.90. The number of hydrogen-bond acceptors (Lipinski definition) is 2. The number of aliphatic imine (C=N–C) groups is 1. The van der Waals surface area contributed by atoms with Gasteiger partial charge in [-0.25, -0.2) is 4.99 Å². The fraction of sp³-hybridized carbons (Fsp3) is 0.500. The smallest absolute Gasteiger partial charge is 0.190 e. The van der Waals surface area contributed by atoms with Crippen molar-refractivity contribution in [2.45, 2.75) is 32.1 Å². The molecule has 0 atom stereocenters. The van der Waals surface area contributed by atoms with Gasteiger partial charge in [0.15, 0.2) is 11.9 Å². The first-order valence-electron chi connectivity index (χ1n) is 6.09. The van der Waals surface area contributed by atoms with Gasteiger partial charge >= 0.3 is 0 Å². The van der Waals surface area contributed by atoms with Crippen molar-refractivity contribution in [3.63, 3.8) is 0 Å². The molecule has 1 aliphatic rings. The summed E-state index contributed by atoms with van der Waals surface area (Å²) in [5.41, 5.74) is 15.8. The Labute approximate surface area is 108 Å². The van der Waals surface area contributed by atoms with E-state index in [-0.39, 0.29) is 17.3 Å². The normalized spacial score (nSPS) is 18.9. The summed E-state index contributed by atoms with van der Waals surface area (Å²) in [6.45, 7) is 0. The van der Waals surface area contributed by atoms with Crippen LogP contribution in [0.5, 0.6) is 0 Å². The first kappa shape index (κ1) is 14.1. The number of hydrogen-bond donors (Lipinski definition) is 5. The molecular weight excluding hydrogens is 228 g/mol. The molecule has 0 aromatic heterocycles. The molecule has 0 saturated heterocycles. The van der Waals surface area contributed by atoms with Crippen LogP contribution in [0, 0.1) is 10.8 Å². The Bertz CT molecular complexity index is 359. The average molecular weight is 250 g/mol. The van der Waals surface area contributed by atoms with Crippen molar-refractivity contribution in [3.05, 3.63) is 24.6 Å². The van der Waals surface area contributed by atoms with E-state index >= 15 is 0 Å². The Kier molecular flexibility index (Phi) is 5.23. The Morgan fingerprint density at radius 2 is 1.78 bits per heavy atom. The molecule has 8 N–H and O–H groups in total. The van der Waals surface area contributed by atoms with Crippen molar-refractivity contribution in [1.82, 2.24) is 5.32 Å². The number of nitrogens with one attached hydrogen (secondary N) is 2. The van der Waals surface area contributed by atoms with Gasteiger partial charge in [0.05, 0.1) is 0 Å². The second-order valence-electron chi connectivity index (χ2n) is 4.55. The average Bonchev–Trinajstić information content (AvgIpc) is 2.29.